The third kappa shape index (κ3) is 7.30. The number of carboxylic acids is 1. The largest absolute Gasteiger partial charge is 0.506 e. The average Bonchev–Trinajstić information content (AvgIpc) is 3.07. The zero-order valence-corrected chi connectivity index (χ0v) is 26.7. The van der Waals surface area contributed by atoms with Crippen molar-refractivity contribution >= 4 is 22.5 Å². The van der Waals surface area contributed by atoms with Crippen molar-refractivity contribution in [3.8, 4) is 11.5 Å². The van der Waals surface area contributed by atoms with Crippen LogP contribution in [-0.2, 0) is 15.9 Å². The van der Waals surface area contributed by atoms with Gasteiger partial charge in [0.15, 0.2) is 5.78 Å². The number of ketones is 1. The van der Waals surface area contributed by atoms with E-state index in [-0.39, 0.29) is 52.2 Å². The maximum atomic E-state index is 13.4. The number of carbonyl (C=O) groups excluding carboxylic acids is 1. The molecule has 0 saturated carbocycles. The summed E-state index contributed by atoms with van der Waals surface area (Å²) in [7, 11) is 0. The highest BCUT2D eigenvalue weighted by Crippen LogP contribution is 2.42. The van der Waals surface area contributed by atoms with Crippen molar-refractivity contribution in [1.29, 1.82) is 0 Å². The Hall–Kier alpha value is -3.58. The Bertz CT molecular complexity index is 1560. The minimum Gasteiger partial charge on any atom is -0.506 e. The fraction of sp³-hybridized carbons (Fsp3) is 0.500. The van der Waals surface area contributed by atoms with E-state index in [9.17, 15) is 40.2 Å². The first kappa shape index (κ1) is 34.7. The van der Waals surface area contributed by atoms with Crippen molar-refractivity contribution in [1.82, 2.24) is 0 Å². The van der Waals surface area contributed by atoms with E-state index in [1.165, 1.54) is 6.07 Å². The van der Waals surface area contributed by atoms with E-state index in [0.717, 1.165) is 24.5 Å². The summed E-state index contributed by atoms with van der Waals surface area (Å²) in [4.78, 5) is 25.4. The number of aliphatic hydroxyl groups is 4. The van der Waals surface area contributed by atoms with Crippen LogP contribution in [0.1, 0.15) is 70.9 Å². The molecule has 3 aromatic carbocycles. The number of carbonyl (C=O) groups is 2. The van der Waals surface area contributed by atoms with E-state index >= 15 is 0 Å². The van der Waals surface area contributed by atoms with Crippen molar-refractivity contribution in [2.75, 3.05) is 19.8 Å². The molecule has 2 fully saturated rings. The number of fused-ring (bicyclic) bond motifs is 1. The van der Waals surface area contributed by atoms with Crippen molar-refractivity contribution in [2.45, 2.75) is 82.6 Å². The summed E-state index contributed by atoms with van der Waals surface area (Å²) in [5.74, 6) is -1.70. The Kier molecular flexibility index (Phi) is 10.8. The lowest BCUT2D eigenvalue weighted by Gasteiger charge is -2.48. The Balaban J connectivity index is 1.42. The minimum atomic E-state index is -2.00. The number of benzene rings is 3. The lowest BCUT2D eigenvalue weighted by atomic mass is 9.76. The molecule has 11 heteroatoms. The van der Waals surface area contributed by atoms with Gasteiger partial charge in [-0.2, -0.15) is 0 Å². The van der Waals surface area contributed by atoms with Crippen LogP contribution in [0.15, 0.2) is 48.5 Å². The van der Waals surface area contributed by atoms with Gasteiger partial charge in [0.2, 0.25) is 6.29 Å². The first-order valence-corrected chi connectivity index (χ1v) is 16.1. The van der Waals surface area contributed by atoms with Gasteiger partial charge < -0.3 is 44.8 Å². The molecule has 47 heavy (non-hydrogen) atoms. The maximum Gasteiger partial charge on any atom is 0.335 e. The van der Waals surface area contributed by atoms with Gasteiger partial charge in [-0.05, 0) is 79.5 Å². The summed E-state index contributed by atoms with van der Waals surface area (Å²) in [6.07, 6.45) is -3.78. The molecule has 2 saturated heterocycles. The fourth-order valence-corrected chi connectivity index (χ4v) is 6.92. The molecule has 2 aliphatic heterocycles. The molecule has 254 valence electrons. The van der Waals surface area contributed by atoms with E-state index in [0.29, 0.717) is 37.5 Å². The lowest BCUT2D eigenvalue weighted by Crippen LogP contribution is -2.67. The molecule has 0 bridgehead atoms. The van der Waals surface area contributed by atoms with E-state index in [1.807, 2.05) is 30.3 Å². The van der Waals surface area contributed by atoms with Gasteiger partial charge in [0.25, 0.3) is 0 Å². The second-order valence-electron chi connectivity index (χ2n) is 12.9. The third-order valence-corrected chi connectivity index (χ3v) is 9.83. The summed E-state index contributed by atoms with van der Waals surface area (Å²) in [6.45, 7) is 4.33. The second kappa shape index (κ2) is 14.7. The molecular weight excluding hydrogens is 608 g/mol. The number of aryl methyl sites for hydroxylation is 2. The number of hydrogen-bond acceptors (Lipinski definition) is 10. The molecule has 0 spiro atoms. The van der Waals surface area contributed by atoms with Crippen LogP contribution in [0, 0.1) is 18.8 Å². The number of aliphatic hydroxyl groups excluding tert-OH is 3. The van der Waals surface area contributed by atoms with Crippen molar-refractivity contribution in [3.63, 3.8) is 0 Å². The SMILES string of the molecule is Cc1cc2cc(C(=O)O)cc(OC3OC(CO)C(O)(CCC(C)C4CCOCC4)C(O)C3O)c2c(O)c1C(=O)CCc1ccccc1. The fourth-order valence-electron chi connectivity index (χ4n) is 6.92. The van der Waals surface area contributed by atoms with Crippen LogP contribution in [0.5, 0.6) is 11.5 Å². The molecule has 2 heterocycles. The van der Waals surface area contributed by atoms with Crippen LogP contribution in [0.25, 0.3) is 10.8 Å². The Labute approximate surface area is 273 Å². The highest BCUT2D eigenvalue weighted by atomic mass is 16.7. The van der Waals surface area contributed by atoms with Crippen LogP contribution >= 0.6 is 0 Å². The number of aromatic hydroxyl groups is 1. The lowest BCUT2D eigenvalue weighted by molar-refractivity contribution is -0.315. The van der Waals surface area contributed by atoms with Crippen LogP contribution in [0.4, 0.5) is 0 Å². The molecule has 6 N–H and O–H groups in total. The summed E-state index contributed by atoms with van der Waals surface area (Å²) in [5, 5.41) is 65.7. The zero-order valence-electron chi connectivity index (χ0n) is 26.7. The number of hydrogen-bond donors (Lipinski definition) is 6. The predicted molar refractivity (Wildman–Crippen MR) is 172 cm³/mol. The van der Waals surface area contributed by atoms with Gasteiger partial charge in [0.05, 0.1) is 23.1 Å². The van der Waals surface area contributed by atoms with E-state index in [4.69, 9.17) is 14.2 Å². The number of rotatable bonds is 12. The third-order valence-electron chi connectivity index (χ3n) is 9.83. The normalized spacial score (nSPS) is 25.8. The summed E-state index contributed by atoms with van der Waals surface area (Å²) < 4.78 is 17.3. The number of aromatic carboxylic acids is 1. The van der Waals surface area contributed by atoms with Gasteiger partial charge in [0.1, 0.15) is 35.4 Å². The van der Waals surface area contributed by atoms with Crippen LogP contribution < -0.4 is 4.74 Å². The number of Topliss-reactive ketones (excluding diaryl/α,β-unsaturated/α-hetero) is 1. The summed E-state index contributed by atoms with van der Waals surface area (Å²) >= 11 is 0. The van der Waals surface area contributed by atoms with Crippen LogP contribution in [0.2, 0.25) is 0 Å². The quantitative estimate of drug-likeness (QED) is 0.157. The zero-order chi connectivity index (χ0) is 33.9. The van der Waals surface area contributed by atoms with Crippen molar-refractivity contribution in [3.05, 3.63) is 70.8 Å². The first-order chi connectivity index (χ1) is 22.4. The van der Waals surface area contributed by atoms with Gasteiger partial charge in [-0.1, -0.05) is 43.3 Å². The molecule has 6 unspecified atom stereocenters. The molecule has 0 radical (unpaired) electrons. The summed E-state index contributed by atoms with van der Waals surface area (Å²) in [6, 6.07) is 13.5. The molecular formula is C36H44O11. The minimum absolute atomic E-state index is 0.0145. The van der Waals surface area contributed by atoms with Crippen LogP contribution in [0.3, 0.4) is 0 Å². The highest BCUT2D eigenvalue weighted by Gasteiger charge is 2.55. The molecule has 11 nitrogen and oxygen atoms in total. The van der Waals surface area contributed by atoms with E-state index in [2.05, 4.69) is 6.92 Å². The molecule has 0 aliphatic carbocycles. The molecule has 2 aliphatic rings. The van der Waals surface area contributed by atoms with E-state index in [1.54, 1.807) is 13.0 Å². The molecule has 3 aromatic rings. The predicted octanol–water partition coefficient (Wildman–Crippen LogP) is 3.76. The maximum absolute atomic E-state index is 13.4. The first-order valence-electron chi connectivity index (χ1n) is 16.1. The number of phenolic OH excluding ortho intramolecular Hbond substituents is 1. The van der Waals surface area contributed by atoms with Crippen LogP contribution in [-0.4, -0.2) is 92.4 Å². The Morgan fingerprint density at radius 3 is 2.45 bits per heavy atom. The van der Waals surface area contributed by atoms with Gasteiger partial charge in [0, 0.05) is 19.6 Å². The summed E-state index contributed by atoms with van der Waals surface area (Å²) in [5.41, 5.74) is -0.764. The van der Waals surface area contributed by atoms with Gasteiger partial charge in [-0.15, -0.1) is 0 Å². The number of carboxylic acid groups (broad SMARTS) is 1. The highest BCUT2D eigenvalue weighted by molar-refractivity contribution is 6.09. The molecule has 5 rings (SSSR count). The van der Waals surface area contributed by atoms with Gasteiger partial charge in [-0.3, -0.25) is 4.79 Å². The Morgan fingerprint density at radius 2 is 1.79 bits per heavy atom. The van der Waals surface area contributed by atoms with Crippen molar-refractivity contribution in [2.24, 2.45) is 11.8 Å². The topological polar surface area (TPSA) is 183 Å². The molecule has 0 amide bonds. The smallest absolute Gasteiger partial charge is 0.335 e. The monoisotopic (exact) mass is 652 g/mol. The standard InChI is InChI=1S/C36H44O11/c1-20(23-11-14-45-15-12-23)10-13-36(44)28(19-37)47-35(32(40)33(36)41)46-27-18-25(34(42)43)17-24-16-21(2)29(31(39)30(24)27)26(38)9-8-22-6-4-3-5-7-22/h3-7,16-18,20,23,28,32-33,35,37,39-41,44H,8-15,19H2,1-2H3,(H,42,43). The van der Waals surface area contributed by atoms with Crippen molar-refractivity contribution < 1.29 is 54.4 Å². The van der Waals surface area contributed by atoms with Gasteiger partial charge in [-0.25, -0.2) is 4.79 Å². The Morgan fingerprint density at radius 1 is 1.09 bits per heavy atom. The van der Waals surface area contributed by atoms with E-state index < -0.39 is 48.5 Å². The molecule has 6 atom stereocenters. The number of phenols is 1. The second-order valence-corrected chi connectivity index (χ2v) is 12.9. The van der Waals surface area contributed by atoms with Gasteiger partial charge >= 0.3 is 5.97 Å². The average molecular weight is 653 g/mol. The molecule has 0 aromatic heterocycles. The number of ether oxygens (including phenoxy) is 3.